The molecule has 0 amide bonds. The predicted octanol–water partition coefficient (Wildman–Crippen LogP) is 7.86. The van der Waals surface area contributed by atoms with Crippen molar-refractivity contribution in [1.29, 1.82) is 0 Å². The van der Waals surface area contributed by atoms with Crippen molar-refractivity contribution in [1.82, 2.24) is 0 Å². The third-order valence-corrected chi connectivity index (χ3v) is 4.58. The third-order valence-electron chi connectivity index (χ3n) is 4.58. The van der Waals surface area contributed by atoms with E-state index in [9.17, 15) is 13.2 Å². The van der Waals surface area contributed by atoms with Gasteiger partial charge in [-0.1, -0.05) is 60.2 Å². The predicted molar refractivity (Wildman–Crippen MR) is 103 cm³/mol. The van der Waals surface area contributed by atoms with Gasteiger partial charge in [-0.15, -0.1) is 0 Å². The van der Waals surface area contributed by atoms with Crippen LogP contribution >= 0.6 is 17.0 Å². The molecule has 0 atom stereocenters. The van der Waals surface area contributed by atoms with Crippen molar-refractivity contribution >= 4 is 33.9 Å². The fraction of sp³-hybridized carbons (Fsp3) is 0.143. The van der Waals surface area contributed by atoms with Gasteiger partial charge in [0.05, 0.1) is 5.56 Å². The van der Waals surface area contributed by atoms with Gasteiger partial charge in [-0.05, 0) is 52.4 Å². The molecule has 3 aromatic rings. The molecule has 0 N–H and O–H groups in total. The molecule has 138 valence electrons. The van der Waals surface area contributed by atoms with Gasteiger partial charge >= 0.3 is 44.1 Å². The first-order chi connectivity index (χ1) is 12.9. The third kappa shape index (κ3) is 4.34. The summed E-state index contributed by atoms with van der Waals surface area (Å²) in [6, 6.07) is 15.6. The number of hydrogen-bond acceptors (Lipinski definition) is 0. The molecule has 27 heavy (non-hydrogen) atoms. The number of alkyl halides is 3. The first-order valence-electron chi connectivity index (χ1n) is 8.21. The van der Waals surface area contributed by atoms with Crippen LogP contribution in [-0.2, 0) is 33.4 Å². The minimum atomic E-state index is -4.35. The summed E-state index contributed by atoms with van der Waals surface area (Å²) in [7, 11) is 9.87. The fourth-order valence-electron chi connectivity index (χ4n) is 3.55. The van der Waals surface area contributed by atoms with E-state index in [2.05, 4.69) is 19.1 Å². The van der Waals surface area contributed by atoms with E-state index in [1.807, 2.05) is 12.1 Å². The van der Waals surface area contributed by atoms with E-state index in [0.717, 1.165) is 23.1 Å². The summed E-state index contributed by atoms with van der Waals surface area (Å²) >= 11 is -0.826. The maximum absolute atomic E-state index is 13.3. The van der Waals surface area contributed by atoms with Crippen molar-refractivity contribution in [3.05, 3.63) is 76.9 Å². The Kier molecular flexibility index (Phi) is 6.51. The van der Waals surface area contributed by atoms with E-state index in [4.69, 9.17) is 17.0 Å². The summed E-state index contributed by atoms with van der Waals surface area (Å²) in [5, 5.41) is 0.887. The van der Waals surface area contributed by atoms with Gasteiger partial charge in [0.25, 0.3) is 0 Å². The second-order valence-electron chi connectivity index (χ2n) is 6.32. The number of rotatable bonds is 1. The Labute approximate surface area is 174 Å². The van der Waals surface area contributed by atoms with Gasteiger partial charge in [0, 0.05) is 0 Å². The van der Waals surface area contributed by atoms with Crippen molar-refractivity contribution in [3.8, 4) is 11.1 Å². The first-order valence-corrected chi connectivity index (χ1v) is 14.5. The standard InChI is InChI=1S/C21H15F3.2ClH.Zr/c1-13-11-14-5-4-8-16(19(14)12-13)17-9-10-20(21(22,23)24)18-7-3-2-6-15(17)18;;;/h2-10,12H,11H2,1H3;2*1H;/q;;;+2/p-2. The molecule has 0 aromatic heterocycles. The Hall–Kier alpha value is -1.09. The molecule has 0 spiro atoms. The summed E-state index contributed by atoms with van der Waals surface area (Å²) in [6.45, 7) is 2.08. The van der Waals surface area contributed by atoms with E-state index in [0.29, 0.717) is 5.39 Å². The molecule has 4 rings (SSSR count). The van der Waals surface area contributed by atoms with Crippen molar-refractivity contribution in [3.63, 3.8) is 0 Å². The van der Waals surface area contributed by atoms with Crippen molar-refractivity contribution in [2.24, 2.45) is 0 Å². The van der Waals surface area contributed by atoms with E-state index in [1.54, 1.807) is 30.3 Å². The molecule has 1 aliphatic carbocycles. The number of allylic oxidation sites excluding steroid dienone is 1. The molecule has 0 saturated carbocycles. The van der Waals surface area contributed by atoms with Crippen LogP contribution in [0.25, 0.3) is 28.0 Å². The van der Waals surface area contributed by atoms with E-state index >= 15 is 0 Å². The second-order valence-corrected chi connectivity index (χ2v) is 10.1. The molecule has 0 aliphatic heterocycles. The molecular formula is C21H15Cl2F3Zr. The van der Waals surface area contributed by atoms with Crippen LogP contribution in [0.5, 0.6) is 0 Å². The molecule has 0 nitrogen and oxygen atoms in total. The van der Waals surface area contributed by atoms with E-state index in [1.165, 1.54) is 17.2 Å². The monoisotopic (exact) mass is 484 g/mol. The minimum absolute atomic E-state index is 0.249. The molecular weight excluding hydrogens is 471 g/mol. The maximum atomic E-state index is 13.3. The summed E-state index contributed by atoms with van der Waals surface area (Å²) < 4.78 is 39.9. The zero-order chi connectivity index (χ0) is 19.6. The van der Waals surface area contributed by atoms with E-state index < -0.39 is 32.6 Å². The SMILES string of the molecule is CC1=Cc2c(cccc2-c2ccc(C(F)(F)F)c3ccccc23)C1.[Cl][Zr][Cl]. The summed E-state index contributed by atoms with van der Waals surface area (Å²) in [5.41, 5.74) is 4.89. The number of hydrogen-bond donors (Lipinski definition) is 0. The molecule has 6 heteroatoms. The van der Waals surface area contributed by atoms with Crippen LogP contribution in [0.15, 0.2) is 60.2 Å². The second kappa shape index (κ2) is 8.51. The first kappa shape index (κ1) is 20.6. The van der Waals surface area contributed by atoms with Gasteiger partial charge in [-0.25, -0.2) is 0 Å². The normalized spacial score (nSPS) is 12.9. The average molecular weight is 486 g/mol. The van der Waals surface area contributed by atoms with Crippen molar-refractivity contribution in [2.45, 2.75) is 19.5 Å². The average Bonchev–Trinajstić information content (AvgIpc) is 3.01. The Morgan fingerprint density at radius 1 is 0.852 bits per heavy atom. The molecule has 0 radical (unpaired) electrons. The van der Waals surface area contributed by atoms with Crippen LogP contribution in [0, 0.1) is 0 Å². The van der Waals surface area contributed by atoms with Gasteiger partial charge < -0.3 is 0 Å². The summed E-state index contributed by atoms with van der Waals surface area (Å²) in [5.74, 6) is 0. The van der Waals surface area contributed by atoms with Crippen LogP contribution in [-0.4, -0.2) is 0 Å². The summed E-state index contributed by atoms with van der Waals surface area (Å²) in [4.78, 5) is 0. The molecule has 0 saturated heterocycles. The Bertz CT molecular complexity index is 1010. The number of benzene rings is 3. The van der Waals surface area contributed by atoms with Crippen LogP contribution in [0.3, 0.4) is 0 Å². The molecule has 1 aliphatic rings. The molecule has 0 heterocycles. The Morgan fingerprint density at radius 2 is 1.52 bits per heavy atom. The van der Waals surface area contributed by atoms with Crippen LogP contribution in [0.4, 0.5) is 13.2 Å². The Morgan fingerprint density at radius 3 is 2.19 bits per heavy atom. The van der Waals surface area contributed by atoms with Gasteiger partial charge in [-0.3, -0.25) is 0 Å². The zero-order valence-electron chi connectivity index (χ0n) is 14.4. The van der Waals surface area contributed by atoms with Gasteiger partial charge in [0.2, 0.25) is 0 Å². The van der Waals surface area contributed by atoms with Crippen molar-refractivity contribution in [2.75, 3.05) is 0 Å². The Balaban J connectivity index is 0.000000659. The van der Waals surface area contributed by atoms with Crippen LogP contribution < -0.4 is 0 Å². The molecule has 3 aromatic carbocycles. The molecule has 0 bridgehead atoms. The van der Waals surface area contributed by atoms with Crippen molar-refractivity contribution < 1.29 is 34.0 Å². The van der Waals surface area contributed by atoms with Crippen LogP contribution in [0.2, 0.25) is 0 Å². The van der Waals surface area contributed by atoms with Gasteiger partial charge in [0.15, 0.2) is 0 Å². The topological polar surface area (TPSA) is 0 Å². The van der Waals surface area contributed by atoms with Crippen LogP contribution in [0.1, 0.15) is 23.6 Å². The van der Waals surface area contributed by atoms with Gasteiger partial charge in [0.1, 0.15) is 0 Å². The fourth-order valence-corrected chi connectivity index (χ4v) is 3.55. The number of halogens is 5. The molecule has 0 fully saturated rings. The van der Waals surface area contributed by atoms with Gasteiger partial charge in [-0.2, -0.15) is 13.2 Å². The molecule has 0 unspecified atom stereocenters. The quantitative estimate of drug-likeness (QED) is 0.328. The zero-order valence-corrected chi connectivity index (χ0v) is 18.3. The number of fused-ring (bicyclic) bond motifs is 2. The summed E-state index contributed by atoms with van der Waals surface area (Å²) in [6.07, 6.45) is -1.31. The van der Waals surface area contributed by atoms with E-state index in [-0.39, 0.29) is 5.39 Å².